The number of hydrogen-bond donors (Lipinski definition) is 1. The van der Waals surface area contributed by atoms with Gasteiger partial charge in [0.15, 0.2) is 0 Å². The Morgan fingerprint density at radius 3 is 2.62 bits per heavy atom. The van der Waals surface area contributed by atoms with Gasteiger partial charge in [-0.1, -0.05) is 0 Å². The van der Waals surface area contributed by atoms with Crippen molar-refractivity contribution in [3.63, 3.8) is 0 Å². The molecule has 1 aliphatic heterocycles. The van der Waals surface area contributed by atoms with Gasteiger partial charge in [-0.2, -0.15) is 0 Å². The molecule has 0 aliphatic carbocycles. The number of amides is 2. The largest absolute Gasteiger partial charge is 0.368 e. The molecule has 0 aromatic rings. The van der Waals surface area contributed by atoms with Crippen LogP contribution in [0.4, 0.5) is 0 Å². The molecule has 1 saturated heterocycles. The Hall–Kier alpha value is -1.39. The Kier molecular flexibility index (Phi) is 3.00. The third kappa shape index (κ3) is 2.05. The highest BCUT2D eigenvalue weighted by molar-refractivity contribution is 6.24. The molecule has 0 aromatic heterocycles. The van der Waals surface area contributed by atoms with Crippen molar-refractivity contribution in [1.29, 1.82) is 0 Å². The van der Waals surface area contributed by atoms with Gasteiger partial charge in [0.1, 0.15) is 6.04 Å². The van der Waals surface area contributed by atoms with Crippen LogP contribution in [0.15, 0.2) is 0 Å². The average Bonchev–Trinajstić information content (AvgIpc) is 2.16. The molecule has 0 spiro atoms. The maximum Gasteiger partial charge on any atom is 0.287 e. The molecule has 1 rings (SSSR count). The third-order valence-corrected chi connectivity index (χ3v) is 2.22. The first-order valence-electron chi connectivity index (χ1n) is 4.22. The fourth-order valence-corrected chi connectivity index (χ4v) is 1.56. The molecule has 5 nitrogen and oxygen atoms in total. The van der Waals surface area contributed by atoms with E-state index < -0.39 is 17.9 Å². The summed E-state index contributed by atoms with van der Waals surface area (Å²) in [5.41, 5.74) is 5.10. The summed E-state index contributed by atoms with van der Waals surface area (Å²) in [6, 6.07) is -0.591. The smallest absolute Gasteiger partial charge is 0.287 e. The Balaban J connectivity index is 2.72. The monoisotopic (exact) mass is 184 g/mol. The summed E-state index contributed by atoms with van der Waals surface area (Å²) in [5, 5.41) is 0. The zero-order chi connectivity index (χ0) is 9.84. The van der Waals surface area contributed by atoms with Crippen LogP contribution in [0.1, 0.15) is 19.3 Å². The summed E-state index contributed by atoms with van der Waals surface area (Å²) >= 11 is 0. The van der Waals surface area contributed by atoms with Gasteiger partial charge in [0.2, 0.25) is 12.2 Å². The van der Waals surface area contributed by atoms with Crippen molar-refractivity contribution in [2.24, 2.45) is 5.73 Å². The molecule has 2 amide bonds. The maximum atomic E-state index is 11.0. The quantitative estimate of drug-likeness (QED) is 0.444. The number of carbonyl (C=O) groups excluding carboxylic acids is 3. The molecule has 2 N–H and O–H groups in total. The van der Waals surface area contributed by atoms with Crippen molar-refractivity contribution in [2.45, 2.75) is 25.3 Å². The van der Waals surface area contributed by atoms with E-state index in [9.17, 15) is 14.4 Å². The predicted octanol–water partition coefficient (Wildman–Crippen LogP) is -0.948. The van der Waals surface area contributed by atoms with Crippen LogP contribution in [0.25, 0.3) is 0 Å². The summed E-state index contributed by atoms with van der Waals surface area (Å²) in [5.74, 6) is -1.18. The highest BCUT2D eigenvalue weighted by Crippen LogP contribution is 2.16. The second-order valence-electron chi connectivity index (χ2n) is 3.06. The first kappa shape index (κ1) is 9.70. The highest BCUT2D eigenvalue weighted by atomic mass is 16.2. The summed E-state index contributed by atoms with van der Waals surface area (Å²) in [6.07, 6.45) is 2.48. The van der Waals surface area contributed by atoms with Crippen LogP contribution in [0.3, 0.4) is 0 Å². The van der Waals surface area contributed by atoms with E-state index in [1.165, 1.54) is 4.90 Å². The molecule has 1 heterocycles. The number of piperidine rings is 1. The zero-order valence-corrected chi connectivity index (χ0v) is 7.23. The van der Waals surface area contributed by atoms with Crippen molar-refractivity contribution in [3.05, 3.63) is 0 Å². The zero-order valence-electron chi connectivity index (χ0n) is 7.23. The molecule has 72 valence electrons. The Morgan fingerprint density at radius 2 is 2.08 bits per heavy atom. The third-order valence-electron chi connectivity index (χ3n) is 2.22. The summed E-state index contributed by atoms with van der Waals surface area (Å²) in [6.45, 7) is 0.450. The number of aldehydes is 1. The number of nitrogens with zero attached hydrogens (tertiary/aromatic N) is 1. The van der Waals surface area contributed by atoms with Crippen LogP contribution in [0.2, 0.25) is 0 Å². The first-order chi connectivity index (χ1) is 6.16. The van der Waals surface area contributed by atoms with E-state index in [1.807, 2.05) is 0 Å². The van der Waals surface area contributed by atoms with Gasteiger partial charge in [0.05, 0.1) is 0 Å². The van der Waals surface area contributed by atoms with Gasteiger partial charge >= 0.3 is 0 Å². The van der Waals surface area contributed by atoms with Crippen molar-refractivity contribution in [1.82, 2.24) is 4.90 Å². The lowest BCUT2D eigenvalue weighted by Crippen LogP contribution is -2.50. The van der Waals surface area contributed by atoms with Gasteiger partial charge in [-0.25, -0.2) is 0 Å². The highest BCUT2D eigenvalue weighted by Gasteiger charge is 2.29. The van der Waals surface area contributed by atoms with Crippen LogP contribution in [-0.4, -0.2) is 35.6 Å². The molecular weight excluding hydrogens is 172 g/mol. The first-order valence-corrected chi connectivity index (χ1v) is 4.22. The van der Waals surface area contributed by atoms with Crippen LogP contribution in [0.5, 0.6) is 0 Å². The van der Waals surface area contributed by atoms with Crippen molar-refractivity contribution in [2.75, 3.05) is 6.54 Å². The molecule has 0 bridgehead atoms. The lowest BCUT2D eigenvalue weighted by molar-refractivity contribution is -0.145. The molecule has 0 saturated carbocycles. The van der Waals surface area contributed by atoms with E-state index in [1.54, 1.807) is 0 Å². The fraction of sp³-hybridized carbons (Fsp3) is 0.625. The second kappa shape index (κ2) is 4.02. The molecule has 0 aromatic carbocycles. The summed E-state index contributed by atoms with van der Waals surface area (Å²) in [7, 11) is 0. The molecule has 1 atom stereocenters. The number of primary amides is 1. The van der Waals surface area contributed by atoms with Gasteiger partial charge in [0, 0.05) is 6.54 Å². The number of rotatable bonds is 2. The lowest BCUT2D eigenvalue weighted by atomic mass is 10.0. The Morgan fingerprint density at radius 1 is 1.38 bits per heavy atom. The fourth-order valence-electron chi connectivity index (χ4n) is 1.56. The van der Waals surface area contributed by atoms with Crippen LogP contribution >= 0.6 is 0 Å². The normalized spacial score (nSPS) is 22.5. The van der Waals surface area contributed by atoms with Crippen LogP contribution in [0, 0.1) is 0 Å². The number of likely N-dealkylation sites (tertiary alicyclic amines) is 1. The van der Waals surface area contributed by atoms with Gasteiger partial charge < -0.3 is 10.6 Å². The van der Waals surface area contributed by atoms with Crippen LogP contribution in [-0.2, 0) is 14.4 Å². The van der Waals surface area contributed by atoms with E-state index in [0.29, 0.717) is 13.0 Å². The predicted molar refractivity (Wildman–Crippen MR) is 44.6 cm³/mol. The molecular formula is C8H12N2O3. The molecule has 0 radical (unpaired) electrons. The second-order valence-corrected chi connectivity index (χ2v) is 3.06. The van der Waals surface area contributed by atoms with Gasteiger partial charge in [-0.15, -0.1) is 0 Å². The van der Waals surface area contributed by atoms with Crippen LogP contribution < -0.4 is 5.73 Å². The molecule has 1 fully saturated rings. The Labute approximate surface area is 75.9 Å². The SMILES string of the molecule is NC(=O)C1CCCCN1C(=O)C=O. The van der Waals surface area contributed by atoms with E-state index in [2.05, 4.69) is 0 Å². The number of hydrogen-bond acceptors (Lipinski definition) is 3. The maximum absolute atomic E-state index is 11.0. The van der Waals surface area contributed by atoms with Gasteiger partial charge in [-0.05, 0) is 19.3 Å². The standard InChI is InChI=1S/C8H12N2O3/c9-8(13)6-3-1-2-4-10(6)7(12)5-11/h5-6H,1-4H2,(H2,9,13). The summed E-state index contributed by atoms with van der Waals surface area (Å²) in [4.78, 5) is 33.4. The molecule has 1 aliphatic rings. The van der Waals surface area contributed by atoms with Crippen molar-refractivity contribution in [3.8, 4) is 0 Å². The Bertz CT molecular complexity index is 240. The topological polar surface area (TPSA) is 80.5 Å². The minimum atomic E-state index is -0.650. The lowest BCUT2D eigenvalue weighted by Gasteiger charge is -2.31. The molecule has 1 unspecified atom stereocenters. The number of carbonyl (C=O) groups is 3. The minimum absolute atomic E-state index is 0.223. The van der Waals surface area contributed by atoms with Crippen molar-refractivity contribution < 1.29 is 14.4 Å². The van der Waals surface area contributed by atoms with Gasteiger partial charge in [-0.3, -0.25) is 14.4 Å². The van der Waals surface area contributed by atoms with Gasteiger partial charge in [0.25, 0.3) is 5.91 Å². The molecule has 5 heteroatoms. The molecule has 13 heavy (non-hydrogen) atoms. The summed E-state index contributed by atoms with van der Waals surface area (Å²) < 4.78 is 0. The van der Waals surface area contributed by atoms with E-state index in [0.717, 1.165) is 12.8 Å². The average molecular weight is 184 g/mol. The van der Waals surface area contributed by atoms with Crippen molar-refractivity contribution >= 4 is 18.1 Å². The number of nitrogens with two attached hydrogens (primary N) is 1. The van der Waals surface area contributed by atoms with E-state index in [4.69, 9.17) is 5.73 Å². The van der Waals surface area contributed by atoms with E-state index >= 15 is 0 Å². The van der Waals surface area contributed by atoms with E-state index in [-0.39, 0.29) is 6.29 Å². The minimum Gasteiger partial charge on any atom is -0.368 e.